The highest BCUT2D eigenvalue weighted by molar-refractivity contribution is 7.89. The third-order valence-corrected chi connectivity index (χ3v) is 9.32. The van der Waals surface area contributed by atoms with Crippen LogP contribution in [0.2, 0.25) is 0 Å². The summed E-state index contributed by atoms with van der Waals surface area (Å²) in [6.45, 7) is -0.796. The molecule has 2 aliphatic heterocycles. The predicted octanol–water partition coefficient (Wildman–Crippen LogP) is 4.96. The Balaban J connectivity index is 1.18. The third-order valence-electron chi connectivity index (χ3n) is 7.46. The molecular weight excluding hydrogens is 500 g/mol. The first-order valence-corrected chi connectivity index (χ1v) is 13.6. The number of alkyl halides is 2. The van der Waals surface area contributed by atoms with Crippen LogP contribution in [-0.4, -0.2) is 44.3 Å². The number of halogens is 2. The van der Waals surface area contributed by atoms with Crippen LogP contribution in [0.25, 0.3) is 11.1 Å². The summed E-state index contributed by atoms with van der Waals surface area (Å²) < 4.78 is 64.3. The zero-order chi connectivity index (χ0) is 25.8. The van der Waals surface area contributed by atoms with E-state index in [9.17, 15) is 22.0 Å². The van der Waals surface area contributed by atoms with Gasteiger partial charge in [0.25, 0.3) is 5.92 Å². The largest absolute Gasteiger partial charge is 0.454 e. The van der Waals surface area contributed by atoms with Crippen molar-refractivity contribution < 1.29 is 31.5 Å². The molecule has 3 aromatic carbocycles. The van der Waals surface area contributed by atoms with Crippen LogP contribution in [0.15, 0.2) is 71.6 Å². The molecule has 0 atom stereocenters. The maximum atomic E-state index is 13.5. The molecule has 0 radical (unpaired) electrons. The Hall–Kier alpha value is -3.30. The monoisotopic (exact) mass is 525 g/mol. The summed E-state index contributed by atoms with van der Waals surface area (Å²) in [6, 6.07) is 19.5. The van der Waals surface area contributed by atoms with Crippen molar-refractivity contribution in [3.63, 3.8) is 0 Å². The van der Waals surface area contributed by atoms with Gasteiger partial charge in [-0.05, 0) is 59.4 Å². The van der Waals surface area contributed by atoms with Gasteiger partial charge in [-0.25, -0.2) is 17.2 Å². The number of Topliss-reactive ketones (excluding diaryl/α,β-unsaturated/α-hetero) is 1. The van der Waals surface area contributed by atoms with E-state index in [1.54, 1.807) is 12.1 Å². The average Bonchev–Trinajstić information content (AvgIpc) is 3.42. The lowest BCUT2D eigenvalue weighted by molar-refractivity contribution is -0.120. The van der Waals surface area contributed by atoms with E-state index >= 15 is 0 Å². The summed E-state index contributed by atoms with van der Waals surface area (Å²) in [4.78, 5) is 13.4. The summed E-state index contributed by atoms with van der Waals surface area (Å²) in [5.74, 6) is -1.49. The van der Waals surface area contributed by atoms with Crippen molar-refractivity contribution in [1.82, 2.24) is 4.31 Å². The topological polar surface area (TPSA) is 72.9 Å². The maximum absolute atomic E-state index is 13.5. The van der Waals surface area contributed by atoms with Crippen LogP contribution in [0, 0.1) is 0 Å². The van der Waals surface area contributed by atoms with Gasteiger partial charge in [-0.1, -0.05) is 42.5 Å². The van der Waals surface area contributed by atoms with Crippen molar-refractivity contribution in [1.29, 1.82) is 0 Å². The molecule has 1 saturated carbocycles. The number of hydrogen-bond acceptors (Lipinski definition) is 5. The molecule has 3 aromatic rings. The molecule has 1 saturated heterocycles. The van der Waals surface area contributed by atoms with E-state index in [1.807, 2.05) is 42.5 Å². The number of nitrogens with zero attached hydrogens (tertiary/aromatic N) is 1. The molecule has 9 heteroatoms. The molecule has 0 aromatic heterocycles. The van der Waals surface area contributed by atoms with Gasteiger partial charge >= 0.3 is 0 Å². The van der Waals surface area contributed by atoms with Crippen molar-refractivity contribution in [3.05, 3.63) is 77.9 Å². The zero-order valence-electron chi connectivity index (χ0n) is 20.0. The Morgan fingerprint density at radius 1 is 0.892 bits per heavy atom. The quantitative estimate of drug-likeness (QED) is 0.436. The van der Waals surface area contributed by atoms with E-state index < -0.39 is 34.3 Å². The van der Waals surface area contributed by atoms with Gasteiger partial charge in [0.1, 0.15) is 5.78 Å². The molecule has 0 unspecified atom stereocenters. The summed E-state index contributed by atoms with van der Waals surface area (Å²) in [7, 11) is -3.98. The number of hydrogen-bond donors (Lipinski definition) is 0. The highest BCUT2D eigenvalue weighted by atomic mass is 32.2. The van der Waals surface area contributed by atoms with Gasteiger partial charge < -0.3 is 9.47 Å². The maximum Gasteiger partial charge on any atom is 0.262 e. The van der Waals surface area contributed by atoms with Gasteiger partial charge in [-0.15, -0.1) is 0 Å². The van der Waals surface area contributed by atoms with E-state index in [-0.39, 0.29) is 30.4 Å². The molecule has 2 heterocycles. The molecule has 6 nitrogen and oxygen atoms in total. The smallest absolute Gasteiger partial charge is 0.262 e. The molecule has 0 spiro atoms. The first-order valence-electron chi connectivity index (χ1n) is 12.2. The van der Waals surface area contributed by atoms with Gasteiger partial charge in [0.05, 0.1) is 16.9 Å². The van der Waals surface area contributed by atoms with Gasteiger partial charge in [-0.3, -0.25) is 4.79 Å². The fraction of sp³-hybridized carbons (Fsp3) is 0.321. The second-order valence-corrected chi connectivity index (χ2v) is 11.9. The highest BCUT2D eigenvalue weighted by Crippen LogP contribution is 2.51. The molecule has 192 valence electrons. The molecule has 2 fully saturated rings. The second kappa shape index (κ2) is 8.63. The third kappa shape index (κ3) is 4.40. The number of carbonyl (C=O) groups is 1. The van der Waals surface area contributed by atoms with Crippen molar-refractivity contribution in [2.45, 2.75) is 41.9 Å². The predicted molar refractivity (Wildman–Crippen MR) is 132 cm³/mol. The lowest BCUT2D eigenvalue weighted by Crippen LogP contribution is -2.31. The van der Waals surface area contributed by atoms with Crippen LogP contribution in [-0.2, 0) is 26.7 Å². The van der Waals surface area contributed by atoms with Crippen molar-refractivity contribution in [2.24, 2.45) is 0 Å². The Kier molecular flexibility index (Phi) is 5.61. The number of fused-ring (bicyclic) bond motifs is 1. The Labute approximate surface area is 213 Å². The van der Waals surface area contributed by atoms with Gasteiger partial charge in [-0.2, -0.15) is 4.31 Å². The van der Waals surface area contributed by atoms with Crippen molar-refractivity contribution in [2.75, 3.05) is 19.9 Å². The summed E-state index contributed by atoms with van der Waals surface area (Å²) in [5, 5.41) is 0. The Morgan fingerprint density at radius 2 is 1.65 bits per heavy atom. The minimum atomic E-state index is -3.98. The summed E-state index contributed by atoms with van der Waals surface area (Å²) >= 11 is 0. The second-order valence-electron chi connectivity index (χ2n) is 9.92. The van der Waals surface area contributed by atoms with E-state index in [0.29, 0.717) is 11.5 Å². The molecule has 6 rings (SSSR count). The highest BCUT2D eigenvalue weighted by Gasteiger charge is 2.50. The summed E-state index contributed by atoms with van der Waals surface area (Å²) in [6.07, 6.45) is 1.40. The van der Waals surface area contributed by atoms with E-state index in [4.69, 9.17) is 9.47 Å². The number of benzene rings is 3. The van der Waals surface area contributed by atoms with Crippen molar-refractivity contribution >= 4 is 15.8 Å². The SMILES string of the molecule is O=C(Cc1cccc(-c2ccc(S(=O)(=O)N3CCC(F)(F)C3)cc2)c1)C1(c2ccc3c(c2)OCO3)CC1. The summed E-state index contributed by atoms with van der Waals surface area (Å²) in [5.41, 5.74) is 2.93. The zero-order valence-corrected chi connectivity index (χ0v) is 20.8. The van der Waals surface area contributed by atoms with E-state index in [1.165, 1.54) is 12.1 Å². The van der Waals surface area contributed by atoms with Crippen LogP contribution in [0.3, 0.4) is 0 Å². The minimum absolute atomic E-state index is 0.0142. The van der Waals surface area contributed by atoms with Crippen LogP contribution < -0.4 is 9.47 Å². The number of ketones is 1. The lowest BCUT2D eigenvalue weighted by Gasteiger charge is -2.17. The normalized spacial score (nSPS) is 19.6. The van der Waals surface area contributed by atoms with Crippen LogP contribution in [0.1, 0.15) is 30.4 Å². The van der Waals surface area contributed by atoms with Gasteiger partial charge in [0.15, 0.2) is 11.5 Å². The number of sulfonamides is 1. The minimum Gasteiger partial charge on any atom is -0.454 e. The Bertz CT molecular complexity index is 1480. The standard InChI is InChI=1S/C28H25F2NO5S/c29-28(30)12-13-31(17-28)37(33,34)23-7-4-20(5-8-23)21-3-1-2-19(14-21)15-26(32)27(10-11-27)22-6-9-24-25(16-22)36-18-35-24/h1-9,14,16H,10-13,15,17-18H2. The van der Waals surface area contributed by atoms with Gasteiger partial charge in [0, 0.05) is 19.4 Å². The first kappa shape index (κ1) is 24.1. The molecule has 3 aliphatic rings. The van der Waals surface area contributed by atoms with Crippen LogP contribution >= 0.6 is 0 Å². The van der Waals surface area contributed by atoms with E-state index in [0.717, 1.165) is 39.4 Å². The van der Waals surface area contributed by atoms with Crippen LogP contribution in [0.5, 0.6) is 11.5 Å². The molecule has 37 heavy (non-hydrogen) atoms. The molecule has 1 aliphatic carbocycles. The average molecular weight is 526 g/mol. The Morgan fingerprint density at radius 3 is 2.35 bits per heavy atom. The van der Waals surface area contributed by atoms with Crippen molar-refractivity contribution in [3.8, 4) is 22.6 Å². The number of rotatable bonds is 7. The van der Waals surface area contributed by atoms with Crippen LogP contribution in [0.4, 0.5) is 8.78 Å². The first-order chi connectivity index (χ1) is 17.7. The number of carbonyl (C=O) groups excluding carboxylic acids is 1. The molecule has 0 bridgehead atoms. The fourth-order valence-corrected chi connectivity index (χ4v) is 6.61. The number of ether oxygens (including phenoxy) is 2. The molecule has 0 amide bonds. The van der Waals surface area contributed by atoms with E-state index in [2.05, 4.69) is 0 Å². The molecule has 0 N–H and O–H groups in total. The van der Waals surface area contributed by atoms with Gasteiger partial charge in [0.2, 0.25) is 16.8 Å². The molecular formula is C28H25F2NO5S. The lowest BCUT2D eigenvalue weighted by atomic mass is 9.87. The fourth-order valence-electron chi connectivity index (χ4n) is 5.14.